The summed E-state index contributed by atoms with van der Waals surface area (Å²) >= 11 is 5.76. The van der Waals surface area contributed by atoms with E-state index >= 15 is 0 Å². The minimum atomic E-state index is -3.35. The van der Waals surface area contributed by atoms with Crippen LogP contribution in [0.2, 0.25) is 5.02 Å². The Morgan fingerprint density at radius 2 is 1.78 bits per heavy atom. The van der Waals surface area contributed by atoms with Gasteiger partial charge in [-0.2, -0.15) is 4.31 Å². The van der Waals surface area contributed by atoms with Crippen LogP contribution in [-0.2, 0) is 14.8 Å². The van der Waals surface area contributed by atoms with Crippen LogP contribution in [0.4, 0.5) is 0 Å². The van der Waals surface area contributed by atoms with E-state index in [1.165, 1.54) is 9.71 Å². The van der Waals surface area contributed by atoms with Crippen molar-refractivity contribution in [3.63, 3.8) is 0 Å². The Kier molecular flexibility index (Phi) is 4.40. The molecule has 1 aromatic carbocycles. The number of hydrogen-bond donors (Lipinski definition) is 0. The first-order valence-electron chi connectivity index (χ1n) is 5.59. The minimum absolute atomic E-state index is 0.410. The van der Waals surface area contributed by atoms with Gasteiger partial charge in [0.05, 0.1) is 13.2 Å². The van der Waals surface area contributed by atoms with E-state index in [1.54, 1.807) is 30.3 Å². The SMILES string of the molecule is O=S(=O)(/C=C/c1ccc(Cl)cc1)N1CCOCC1. The molecule has 1 saturated heterocycles. The van der Waals surface area contributed by atoms with E-state index in [2.05, 4.69) is 0 Å². The van der Waals surface area contributed by atoms with Crippen molar-refractivity contribution in [1.82, 2.24) is 4.31 Å². The van der Waals surface area contributed by atoms with Crippen molar-refractivity contribution < 1.29 is 13.2 Å². The maximum atomic E-state index is 12.0. The zero-order valence-corrected chi connectivity index (χ0v) is 11.3. The predicted octanol–water partition coefficient (Wildman–Crippen LogP) is 1.97. The molecule has 0 radical (unpaired) electrons. The molecule has 0 unspecified atom stereocenters. The fourth-order valence-corrected chi connectivity index (χ4v) is 2.91. The van der Waals surface area contributed by atoms with Gasteiger partial charge in [0.1, 0.15) is 0 Å². The van der Waals surface area contributed by atoms with E-state index in [9.17, 15) is 8.42 Å². The Labute approximate surface area is 112 Å². The van der Waals surface area contributed by atoms with Crippen LogP contribution in [0.1, 0.15) is 5.56 Å². The molecule has 4 nitrogen and oxygen atoms in total. The topological polar surface area (TPSA) is 46.6 Å². The number of hydrogen-bond acceptors (Lipinski definition) is 3. The molecule has 0 spiro atoms. The fourth-order valence-electron chi connectivity index (χ4n) is 1.63. The van der Waals surface area contributed by atoms with Crippen LogP contribution in [0.5, 0.6) is 0 Å². The normalized spacial score (nSPS) is 18.3. The van der Waals surface area contributed by atoms with Crippen molar-refractivity contribution in [2.45, 2.75) is 0 Å². The highest BCUT2D eigenvalue weighted by Crippen LogP contribution is 2.13. The average molecular weight is 288 g/mol. The molecule has 0 amide bonds. The minimum Gasteiger partial charge on any atom is -0.379 e. The van der Waals surface area contributed by atoms with Gasteiger partial charge in [-0.1, -0.05) is 23.7 Å². The molecule has 1 aromatic rings. The maximum absolute atomic E-state index is 12.0. The highest BCUT2D eigenvalue weighted by Gasteiger charge is 2.21. The molecule has 0 N–H and O–H groups in total. The Morgan fingerprint density at radius 3 is 2.39 bits per heavy atom. The summed E-state index contributed by atoms with van der Waals surface area (Å²) in [5, 5.41) is 1.85. The summed E-state index contributed by atoms with van der Waals surface area (Å²) in [6.07, 6.45) is 1.57. The molecule has 0 bridgehead atoms. The maximum Gasteiger partial charge on any atom is 0.236 e. The number of morpholine rings is 1. The van der Waals surface area contributed by atoms with Crippen LogP contribution in [0.15, 0.2) is 29.7 Å². The van der Waals surface area contributed by atoms with Crippen LogP contribution < -0.4 is 0 Å². The molecule has 0 atom stereocenters. The molecule has 1 heterocycles. The summed E-state index contributed by atoms with van der Waals surface area (Å²) in [6, 6.07) is 6.99. The van der Waals surface area contributed by atoms with Crippen molar-refractivity contribution >= 4 is 27.7 Å². The molecule has 0 aromatic heterocycles. The Bertz CT molecular complexity index is 519. The second-order valence-electron chi connectivity index (χ2n) is 3.91. The first-order chi connectivity index (χ1) is 8.58. The monoisotopic (exact) mass is 287 g/mol. The number of nitrogens with zero attached hydrogens (tertiary/aromatic N) is 1. The van der Waals surface area contributed by atoms with Gasteiger partial charge in [0, 0.05) is 23.5 Å². The number of ether oxygens (including phenoxy) is 1. The van der Waals surface area contributed by atoms with Crippen LogP contribution in [0.3, 0.4) is 0 Å². The zero-order valence-electron chi connectivity index (χ0n) is 9.75. The summed E-state index contributed by atoms with van der Waals surface area (Å²) in [6.45, 7) is 1.72. The smallest absolute Gasteiger partial charge is 0.236 e. The van der Waals surface area contributed by atoms with E-state index in [0.29, 0.717) is 31.3 Å². The molecule has 18 heavy (non-hydrogen) atoms. The first kappa shape index (κ1) is 13.5. The molecule has 98 valence electrons. The van der Waals surface area contributed by atoms with Gasteiger partial charge in [-0.3, -0.25) is 0 Å². The average Bonchev–Trinajstić information content (AvgIpc) is 2.39. The van der Waals surface area contributed by atoms with Crippen LogP contribution >= 0.6 is 11.6 Å². The molecular formula is C12H14ClNO3S. The van der Waals surface area contributed by atoms with Gasteiger partial charge in [-0.05, 0) is 23.8 Å². The molecule has 1 fully saturated rings. The summed E-state index contributed by atoms with van der Waals surface area (Å²) in [7, 11) is -3.35. The van der Waals surface area contributed by atoms with E-state index in [4.69, 9.17) is 16.3 Å². The van der Waals surface area contributed by atoms with Crippen molar-refractivity contribution in [2.24, 2.45) is 0 Å². The first-order valence-corrected chi connectivity index (χ1v) is 7.47. The van der Waals surface area contributed by atoms with Gasteiger partial charge in [0.15, 0.2) is 0 Å². The number of sulfonamides is 1. The lowest BCUT2D eigenvalue weighted by molar-refractivity contribution is 0.0736. The second-order valence-corrected chi connectivity index (χ2v) is 6.17. The Hall–Kier alpha value is -0.880. The van der Waals surface area contributed by atoms with Gasteiger partial charge in [-0.15, -0.1) is 0 Å². The third-order valence-electron chi connectivity index (χ3n) is 2.63. The highest BCUT2D eigenvalue weighted by atomic mass is 35.5. The summed E-state index contributed by atoms with van der Waals surface area (Å²) in [5.41, 5.74) is 0.802. The van der Waals surface area contributed by atoms with Crippen molar-refractivity contribution in [2.75, 3.05) is 26.3 Å². The molecular weight excluding hydrogens is 274 g/mol. The summed E-state index contributed by atoms with van der Waals surface area (Å²) < 4.78 is 30.5. The van der Waals surface area contributed by atoms with Gasteiger partial charge < -0.3 is 4.74 Å². The van der Waals surface area contributed by atoms with Gasteiger partial charge in [0.25, 0.3) is 0 Å². The van der Waals surface area contributed by atoms with E-state index in [-0.39, 0.29) is 0 Å². The molecule has 6 heteroatoms. The van der Waals surface area contributed by atoms with Crippen molar-refractivity contribution in [3.8, 4) is 0 Å². The lowest BCUT2D eigenvalue weighted by Gasteiger charge is -2.24. The van der Waals surface area contributed by atoms with Gasteiger partial charge in [-0.25, -0.2) is 8.42 Å². The predicted molar refractivity (Wildman–Crippen MR) is 71.8 cm³/mol. The van der Waals surface area contributed by atoms with E-state index in [0.717, 1.165) is 5.56 Å². The largest absolute Gasteiger partial charge is 0.379 e. The van der Waals surface area contributed by atoms with E-state index < -0.39 is 10.0 Å². The second kappa shape index (κ2) is 5.84. The zero-order chi connectivity index (χ0) is 13.0. The van der Waals surface area contributed by atoms with E-state index in [1.807, 2.05) is 0 Å². The Morgan fingerprint density at radius 1 is 1.17 bits per heavy atom. The van der Waals surface area contributed by atoms with Crippen molar-refractivity contribution in [3.05, 3.63) is 40.3 Å². The fraction of sp³-hybridized carbons (Fsp3) is 0.333. The standard InChI is InChI=1S/C12H14ClNO3S/c13-12-3-1-11(2-4-12)5-10-18(15,16)14-6-8-17-9-7-14/h1-5,10H,6-9H2/b10-5+. The summed E-state index contributed by atoms with van der Waals surface area (Å²) in [4.78, 5) is 0. The third kappa shape index (κ3) is 3.55. The van der Waals surface area contributed by atoms with Gasteiger partial charge >= 0.3 is 0 Å². The lowest BCUT2D eigenvalue weighted by atomic mass is 10.2. The third-order valence-corrected chi connectivity index (χ3v) is 4.45. The van der Waals surface area contributed by atoms with Crippen LogP contribution in [-0.4, -0.2) is 39.0 Å². The van der Waals surface area contributed by atoms with Crippen LogP contribution in [0, 0.1) is 0 Å². The Balaban J connectivity index is 2.09. The molecule has 2 rings (SSSR count). The molecule has 0 aliphatic carbocycles. The number of benzene rings is 1. The molecule has 0 saturated carbocycles. The molecule has 1 aliphatic rings. The quantitative estimate of drug-likeness (QED) is 0.854. The van der Waals surface area contributed by atoms with Crippen molar-refractivity contribution in [1.29, 1.82) is 0 Å². The number of rotatable bonds is 3. The highest BCUT2D eigenvalue weighted by molar-refractivity contribution is 7.92. The summed E-state index contributed by atoms with van der Waals surface area (Å²) in [5.74, 6) is 0. The molecule has 1 aliphatic heterocycles. The van der Waals surface area contributed by atoms with Gasteiger partial charge in [0.2, 0.25) is 10.0 Å². The van der Waals surface area contributed by atoms with Crippen LogP contribution in [0.25, 0.3) is 6.08 Å². The number of halogens is 1. The lowest BCUT2D eigenvalue weighted by Crippen LogP contribution is -2.39.